The van der Waals surface area contributed by atoms with Gasteiger partial charge in [0.15, 0.2) is 0 Å². The number of hydrogen-bond donors (Lipinski definition) is 0. The normalized spacial score (nSPS) is 26.3. The lowest BCUT2D eigenvalue weighted by Gasteiger charge is -2.11. The molecule has 78 valence electrons. The lowest BCUT2D eigenvalue weighted by molar-refractivity contribution is 0.232. The predicted molar refractivity (Wildman–Crippen MR) is 61.5 cm³/mol. The molecule has 2 atom stereocenters. The minimum atomic E-state index is 0.382. The van der Waals surface area contributed by atoms with E-state index in [1.54, 1.807) is 0 Å². The van der Waals surface area contributed by atoms with Gasteiger partial charge in [0.2, 0.25) is 0 Å². The Morgan fingerprint density at radius 3 is 3.07 bits per heavy atom. The molecule has 0 saturated heterocycles. The molecule has 0 radical (unpaired) electrons. The van der Waals surface area contributed by atoms with Crippen LogP contribution in [0, 0.1) is 6.92 Å². The summed E-state index contributed by atoms with van der Waals surface area (Å²) in [6.07, 6.45) is 7.12. The Morgan fingerprint density at radius 2 is 2.27 bits per heavy atom. The molecule has 0 amide bonds. The van der Waals surface area contributed by atoms with E-state index in [9.17, 15) is 0 Å². The number of rotatable bonds is 1. The minimum absolute atomic E-state index is 0.382. The monoisotopic (exact) mass is 200 g/mol. The fourth-order valence-electron chi connectivity index (χ4n) is 2.89. The van der Waals surface area contributed by atoms with Crippen LogP contribution >= 0.6 is 0 Å². The standard InChI is InChI=1S/C14H16O/c1-3-10-9(2)7-8-13-14(10)11-5-4-6-12(11)15-13/h4-5,7-8,11-12H,3,6H2,1-2H3/t11-,12+/m0/s1. The first-order chi connectivity index (χ1) is 7.31. The molecular weight excluding hydrogens is 184 g/mol. The van der Waals surface area contributed by atoms with Crippen molar-refractivity contribution >= 4 is 0 Å². The second-order valence-electron chi connectivity index (χ2n) is 4.47. The fraction of sp³-hybridized carbons (Fsp3) is 0.429. The van der Waals surface area contributed by atoms with E-state index in [4.69, 9.17) is 4.74 Å². The van der Waals surface area contributed by atoms with E-state index in [0.717, 1.165) is 18.6 Å². The molecular formula is C14H16O. The highest BCUT2D eigenvalue weighted by molar-refractivity contribution is 5.53. The van der Waals surface area contributed by atoms with Gasteiger partial charge in [-0.3, -0.25) is 0 Å². The van der Waals surface area contributed by atoms with Crippen LogP contribution in [0.25, 0.3) is 0 Å². The Labute approximate surface area is 90.8 Å². The molecule has 1 heteroatoms. The highest BCUT2D eigenvalue weighted by Crippen LogP contribution is 2.46. The van der Waals surface area contributed by atoms with Crippen LogP contribution in [0.3, 0.4) is 0 Å². The van der Waals surface area contributed by atoms with Crippen molar-refractivity contribution in [2.24, 2.45) is 0 Å². The summed E-state index contributed by atoms with van der Waals surface area (Å²) in [7, 11) is 0. The number of hydrogen-bond acceptors (Lipinski definition) is 1. The predicted octanol–water partition coefficient (Wildman–Crippen LogP) is 3.36. The maximum atomic E-state index is 5.97. The Hall–Kier alpha value is -1.24. The van der Waals surface area contributed by atoms with Gasteiger partial charge >= 0.3 is 0 Å². The lowest BCUT2D eigenvalue weighted by Crippen LogP contribution is -2.12. The zero-order valence-corrected chi connectivity index (χ0v) is 9.29. The van der Waals surface area contributed by atoms with Gasteiger partial charge in [0.1, 0.15) is 11.9 Å². The zero-order valence-electron chi connectivity index (χ0n) is 9.29. The summed E-state index contributed by atoms with van der Waals surface area (Å²) in [5.41, 5.74) is 4.35. The van der Waals surface area contributed by atoms with Gasteiger partial charge in [-0.25, -0.2) is 0 Å². The average Bonchev–Trinajstić information content (AvgIpc) is 2.78. The van der Waals surface area contributed by atoms with Gasteiger partial charge in [-0.1, -0.05) is 25.1 Å². The first-order valence-electron chi connectivity index (χ1n) is 5.77. The van der Waals surface area contributed by atoms with E-state index in [1.807, 2.05) is 0 Å². The molecule has 1 aliphatic carbocycles. The summed E-state index contributed by atoms with van der Waals surface area (Å²) in [6, 6.07) is 4.32. The summed E-state index contributed by atoms with van der Waals surface area (Å²) < 4.78 is 5.97. The van der Waals surface area contributed by atoms with Crippen LogP contribution in [0.1, 0.15) is 36.0 Å². The van der Waals surface area contributed by atoms with Gasteiger partial charge in [0, 0.05) is 17.9 Å². The first kappa shape index (κ1) is 9.02. The van der Waals surface area contributed by atoms with Crippen molar-refractivity contribution < 1.29 is 4.74 Å². The summed E-state index contributed by atoms with van der Waals surface area (Å²) in [4.78, 5) is 0. The largest absolute Gasteiger partial charge is 0.489 e. The fourth-order valence-corrected chi connectivity index (χ4v) is 2.89. The van der Waals surface area contributed by atoms with Crippen molar-refractivity contribution in [3.05, 3.63) is 41.0 Å². The highest BCUT2D eigenvalue weighted by Gasteiger charge is 2.36. The average molecular weight is 200 g/mol. The van der Waals surface area contributed by atoms with Gasteiger partial charge in [-0.2, -0.15) is 0 Å². The minimum Gasteiger partial charge on any atom is -0.489 e. The van der Waals surface area contributed by atoms with E-state index in [1.165, 1.54) is 16.7 Å². The van der Waals surface area contributed by atoms with Crippen LogP contribution < -0.4 is 4.74 Å². The molecule has 1 nitrogen and oxygen atoms in total. The van der Waals surface area contributed by atoms with Crippen molar-refractivity contribution in [1.29, 1.82) is 0 Å². The first-order valence-corrected chi connectivity index (χ1v) is 5.77. The van der Waals surface area contributed by atoms with Gasteiger partial charge in [0.05, 0.1) is 0 Å². The van der Waals surface area contributed by atoms with Crippen LogP contribution in [0.15, 0.2) is 24.3 Å². The van der Waals surface area contributed by atoms with Crippen LogP contribution in [-0.2, 0) is 6.42 Å². The maximum Gasteiger partial charge on any atom is 0.124 e. The van der Waals surface area contributed by atoms with Crippen molar-refractivity contribution in [3.63, 3.8) is 0 Å². The van der Waals surface area contributed by atoms with Crippen molar-refractivity contribution in [2.45, 2.75) is 38.7 Å². The summed E-state index contributed by atoms with van der Waals surface area (Å²) in [5, 5.41) is 0. The Balaban J connectivity index is 2.19. The molecule has 2 aliphatic rings. The number of fused-ring (bicyclic) bond motifs is 3. The highest BCUT2D eigenvalue weighted by atomic mass is 16.5. The van der Waals surface area contributed by atoms with E-state index in [0.29, 0.717) is 12.0 Å². The molecule has 0 spiro atoms. The van der Waals surface area contributed by atoms with Gasteiger partial charge in [-0.05, 0) is 30.5 Å². The molecule has 0 N–H and O–H groups in total. The number of benzene rings is 1. The van der Waals surface area contributed by atoms with E-state index >= 15 is 0 Å². The second kappa shape index (κ2) is 3.13. The maximum absolute atomic E-state index is 5.97. The molecule has 0 bridgehead atoms. The Kier molecular flexibility index (Phi) is 1.88. The molecule has 1 aromatic carbocycles. The quantitative estimate of drug-likeness (QED) is 0.632. The molecule has 0 saturated carbocycles. The molecule has 1 heterocycles. The third-order valence-corrected chi connectivity index (χ3v) is 3.63. The summed E-state index contributed by atoms with van der Waals surface area (Å²) in [5.74, 6) is 1.65. The van der Waals surface area contributed by atoms with E-state index in [2.05, 4.69) is 38.1 Å². The molecule has 3 rings (SSSR count). The van der Waals surface area contributed by atoms with Crippen molar-refractivity contribution in [3.8, 4) is 5.75 Å². The summed E-state index contributed by atoms with van der Waals surface area (Å²) in [6.45, 7) is 4.43. The van der Waals surface area contributed by atoms with Crippen molar-refractivity contribution in [2.75, 3.05) is 0 Å². The van der Waals surface area contributed by atoms with Crippen LogP contribution in [0.2, 0.25) is 0 Å². The molecule has 0 unspecified atom stereocenters. The topological polar surface area (TPSA) is 9.23 Å². The number of aryl methyl sites for hydroxylation is 1. The molecule has 0 aromatic heterocycles. The number of ether oxygens (including phenoxy) is 1. The summed E-state index contributed by atoms with van der Waals surface area (Å²) >= 11 is 0. The van der Waals surface area contributed by atoms with Crippen molar-refractivity contribution in [1.82, 2.24) is 0 Å². The Morgan fingerprint density at radius 1 is 1.40 bits per heavy atom. The van der Waals surface area contributed by atoms with E-state index in [-0.39, 0.29) is 0 Å². The second-order valence-corrected chi connectivity index (χ2v) is 4.47. The van der Waals surface area contributed by atoms with Gasteiger partial charge < -0.3 is 4.74 Å². The van der Waals surface area contributed by atoms with E-state index < -0.39 is 0 Å². The molecule has 15 heavy (non-hydrogen) atoms. The van der Waals surface area contributed by atoms with Crippen LogP contribution in [-0.4, -0.2) is 6.10 Å². The lowest BCUT2D eigenvalue weighted by atomic mass is 9.90. The van der Waals surface area contributed by atoms with Gasteiger partial charge in [0.25, 0.3) is 0 Å². The third-order valence-electron chi connectivity index (χ3n) is 3.63. The molecule has 0 fully saturated rings. The smallest absolute Gasteiger partial charge is 0.124 e. The zero-order chi connectivity index (χ0) is 10.4. The van der Waals surface area contributed by atoms with Gasteiger partial charge in [-0.15, -0.1) is 0 Å². The third kappa shape index (κ3) is 1.16. The van der Waals surface area contributed by atoms with Crippen LogP contribution in [0.5, 0.6) is 5.75 Å². The Bertz CT molecular complexity index is 431. The molecule has 1 aromatic rings. The SMILES string of the molecule is CCc1c(C)ccc2c1[C@H]1C=CC[C@H]1O2. The molecule has 1 aliphatic heterocycles. The van der Waals surface area contributed by atoms with Crippen LogP contribution in [0.4, 0.5) is 0 Å².